The lowest BCUT2D eigenvalue weighted by molar-refractivity contribution is -0.274. The Hall–Kier alpha value is -0.690. The first-order chi connectivity index (χ1) is 8.33. The fourth-order valence-electron chi connectivity index (χ4n) is 1.27. The highest BCUT2D eigenvalue weighted by Gasteiger charge is 2.32. The van der Waals surface area contributed by atoms with Crippen molar-refractivity contribution in [2.45, 2.75) is 12.8 Å². The van der Waals surface area contributed by atoms with Gasteiger partial charge in [-0.3, -0.25) is 4.79 Å². The molecular formula is C11H10BrF3O2S. The zero-order valence-electron chi connectivity index (χ0n) is 9.38. The van der Waals surface area contributed by atoms with E-state index >= 15 is 0 Å². The van der Waals surface area contributed by atoms with Crippen LogP contribution < -0.4 is 4.74 Å². The quantitative estimate of drug-likeness (QED) is 0.747. The molecule has 0 amide bonds. The normalized spacial score (nSPS) is 11.4. The van der Waals surface area contributed by atoms with Crippen LogP contribution >= 0.6 is 27.7 Å². The molecule has 100 valence electrons. The van der Waals surface area contributed by atoms with Crippen LogP contribution in [0.3, 0.4) is 0 Å². The molecule has 0 aliphatic rings. The minimum absolute atomic E-state index is 0.0513. The van der Waals surface area contributed by atoms with Gasteiger partial charge in [0.2, 0.25) is 0 Å². The largest absolute Gasteiger partial charge is 0.573 e. The highest BCUT2D eigenvalue weighted by Crippen LogP contribution is 2.30. The zero-order chi connectivity index (χ0) is 13.8. The van der Waals surface area contributed by atoms with Gasteiger partial charge in [-0.05, 0) is 24.5 Å². The molecule has 0 saturated carbocycles. The average Bonchev–Trinajstić information content (AvgIpc) is 2.23. The molecule has 0 radical (unpaired) electrons. The predicted octanol–water partition coefficient (Wildman–Crippen LogP) is 4.28. The summed E-state index contributed by atoms with van der Waals surface area (Å²) in [5.74, 6) is -0.278. The van der Waals surface area contributed by atoms with Crippen molar-refractivity contribution in [1.82, 2.24) is 0 Å². The SMILES string of the molecule is CSCCC(=O)c1ccc(Br)cc1OC(F)(F)F. The third-order valence-corrected chi connectivity index (χ3v) is 3.11. The summed E-state index contributed by atoms with van der Waals surface area (Å²) in [6.07, 6.45) is -2.81. The molecular weight excluding hydrogens is 333 g/mol. The summed E-state index contributed by atoms with van der Waals surface area (Å²) in [6.45, 7) is 0. The van der Waals surface area contributed by atoms with E-state index < -0.39 is 12.1 Å². The van der Waals surface area contributed by atoms with Crippen molar-refractivity contribution in [1.29, 1.82) is 0 Å². The lowest BCUT2D eigenvalue weighted by Crippen LogP contribution is -2.19. The van der Waals surface area contributed by atoms with Crippen LogP contribution in [-0.4, -0.2) is 24.2 Å². The summed E-state index contributed by atoms with van der Waals surface area (Å²) in [5.41, 5.74) is -0.0513. The summed E-state index contributed by atoms with van der Waals surface area (Å²) in [7, 11) is 0. The molecule has 1 rings (SSSR count). The van der Waals surface area contributed by atoms with E-state index in [9.17, 15) is 18.0 Å². The van der Waals surface area contributed by atoms with Gasteiger partial charge < -0.3 is 4.74 Å². The average molecular weight is 343 g/mol. The van der Waals surface area contributed by atoms with Gasteiger partial charge in [-0.15, -0.1) is 13.2 Å². The number of carbonyl (C=O) groups excluding carboxylic acids is 1. The molecule has 0 atom stereocenters. The fraction of sp³-hybridized carbons (Fsp3) is 0.364. The van der Waals surface area contributed by atoms with E-state index in [0.717, 1.165) is 6.07 Å². The van der Waals surface area contributed by atoms with Crippen LogP contribution in [0.4, 0.5) is 13.2 Å². The third-order valence-electron chi connectivity index (χ3n) is 2.00. The first kappa shape index (κ1) is 15.4. The van der Waals surface area contributed by atoms with Crippen molar-refractivity contribution in [2.24, 2.45) is 0 Å². The molecule has 0 unspecified atom stereocenters. The number of halogens is 4. The summed E-state index contributed by atoms with van der Waals surface area (Å²) >= 11 is 4.50. The minimum atomic E-state index is -4.81. The fourth-order valence-corrected chi connectivity index (χ4v) is 1.99. The Kier molecular flexibility index (Phi) is 5.52. The number of hydrogen-bond donors (Lipinski definition) is 0. The van der Waals surface area contributed by atoms with E-state index in [1.807, 2.05) is 6.26 Å². The van der Waals surface area contributed by atoms with Crippen LogP contribution in [0.5, 0.6) is 5.75 Å². The number of carbonyl (C=O) groups is 1. The van der Waals surface area contributed by atoms with Crippen molar-refractivity contribution < 1.29 is 22.7 Å². The van der Waals surface area contributed by atoms with Gasteiger partial charge >= 0.3 is 6.36 Å². The molecule has 0 fully saturated rings. The summed E-state index contributed by atoms with van der Waals surface area (Å²) < 4.78 is 40.9. The molecule has 0 bridgehead atoms. The number of benzene rings is 1. The van der Waals surface area contributed by atoms with E-state index in [4.69, 9.17) is 0 Å². The smallest absolute Gasteiger partial charge is 0.405 e. The Labute approximate surface area is 115 Å². The molecule has 1 aromatic rings. The zero-order valence-corrected chi connectivity index (χ0v) is 11.8. The monoisotopic (exact) mass is 342 g/mol. The molecule has 2 nitrogen and oxygen atoms in total. The first-order valence-electron chi connectivity index (χ1n) is 4.91. The second kappa shape index (κ2) is 6.47. The van der Waals surface area contributed by atoms with E-state index in [1.165, 1.54) is 23.9 Å². The maximum absolute atomic E-state index is 12.2. The summed E-state index contributed by atoms with van der Waals surface area (Å²) in [5, 5.41) is 0. The predicted molar refractivity (Wildman–Crippen MR) is 68.2 cm³/mol. The third kappa shape index (κ3) is 4.89. The Morgan fingerprint density at radius 2 is 2.11 bits per heavy atom. The molecule has 0 aliphatic carbocycles. The summed E-state index contributed by atoms with van der Waals surface area (Å²) in [6, 6.07) is 3.98. The molecule has 0 heterocycles. The lowest BCUT2D eigenvalue weighted by atomic mass is 10.1. The van der Waals surface area contributed by atoms with Gasteiger partial charge in [0.05, 0.1) is 5.56 Å². The standard InChI is InChI=1S/C11H10BrF3O2S/c1-18-5-4-9(16)8-3-2-7(12)6-10(8)17-11(13,14)15/h2-3,6H,4-5H2,1H3. The second-order valence-electron chi connectivity index (χ2n) is 3.35. The first-order valence-corrected chi connectivity index (χ1v) is 7.09. The molecule has 0 aliphatic heterocycles. The van der Waals surface area contributed by atoms with Gasteiger partial charge in [0.15, 0.2) is 5.78 Å². The van der Waals surface area contributed by atoms with Crippen LogP contribution in [0.25, 0.3) is 0 Å². The minimum Gasteiger partial charge on any atom is -0.405 e. The van der Waals surface area contributed by atoms with Gasteiger partial charge in [-0.2, -0.15) is 11.8 Å². The molecule has 0 N–H and O–H groups in total. The van der Waals surface area contributed by atoms with Crippen LogP contribution in [0.2, 0.25) is 0 Å². The van der Waals surface area contributed by atoms with Crippen molar-refractivity contribution in [2.75, 3.05) is 12.0 Å². The van der Waals surface area contributed by atoms with Gasteiger partial charge in [0.25, 0.3) is 0 Å². The van der Waals surface area contributed by atoms with Crippen molar-refractivity contribution >= 4 is 33.5 Å². The van der Waals surface area contributed by atoms with E-state index in [1.54, 1.807) is 0 Å². The lowest BCUT2D eigenvalue weighted by Gasteiger charge is -2.12. The van der Waals surface area contributed by atoms with E-state index in [0.29, 0.717) is 10.2 Å². The summed E-state index contributed by atoms with van der Waals surface area (Å²) in [4.78, 5) is 11.7. The topological polar surface area (TPSA) is 26.3 Å². The number of alkyl halides is 3. The number of ether oxygens (including phenoxy) is 1. The Balaban J connectivity index is 2.99. The molecule has 7 heteroatoms. The van der Waals surface area contributed by atoms with Crippen LogP contribution in [0.15, 0.2) is 22.7 Å². The molecule has 1 aromatic carbocycles. The highest BCUT2D eigenvalue weighted by molar-refractivity contribution is 9.10. The molecule has 0 aromatic heterocycles. The van der Waals surface area contributed by atoms with Crippen molar-refractivity contribution in [3.8, 4) is 5.75 Å². The van der Waals surface area contributed by atoms with E-state index in [2.05, 4.69) is 20.7 Å². The second-order valence-corrected chi connectivity index (χ2v) is 5.26. The number of thioether (sulfide) groups is 1. The maximum Gasteiger partial charge on any atom is 0.573 e. The van der Waals surface area contributed by atoms with Crippen LogP contribution in [-0.2, 0) is 0 Å². The van der Waals surface area contributed by atoms with Gasteiger partial charge in [0, 0.05) is 16.6 Å². The molecule has 0 saturated heterocycles. The van der Waals surface area contributed by atoms with E-state index in [-0.39, 0.29) is 17.8 Å². The Bertz CT molecular complexity index is 435. The maximum atomic E-state index is 12.2. The van der Waals surface area contributed by atoms with Gasteiger partial charge in [-0.1, -0.05) is 15.9 Å². The molecule has 0 spiro atoms. The molecule has 18 heavy (non-hydrogen) atoms. The van der Waals surface area contributed by atoms with Crippen LogP contribution in [0, 0.1) is 0 Å². The van der Waals surface area contributed by atoms with Crippen LogP contribution in [0.1, 0.15) is 16.8 Å². The Morgan fingerprint density at radius 3 is 2.67 bits per heavy atom. The van der Waals surface area contributed by atoms with Crippen molar-refractivity contribution in [3.05, 3.63) is 28.2 Å². The van der Waals surface area contributed by atoms with Gasteiger partial charge in [-0.25, -0.2) is 0 Å². The Morgan fingerprint density at radius 1 is 1.44 bits per heavy atom. The van der Waals surface area contributed by atoms with Gasteiger partial charge in [0.1, 0.15) is 5.75 Å². The van der Waals surface area contributed by atoms with Crippen molar-refractivity contribution in [3.63, 3.8) is 0 Å². The number of hydrogen-bond acceptors (Lipinski definition) is 3. The number of Topliss-reactive ketones (excluding diaryl/α,β-unsaturated/α-hetero) is 1. The number of ketones is 1. The highest BCUT2D eigenvalue weighted by atomic mass is 79.9. The number of rotatable bonds is 5.